The molecule has 1 aromatic carbocycles. The van der Waals surface area contributed by atoms with E-state index < -0.39 is 23.3 Å². The molecule has 1 amide bonds. The molecule has 3 aromatic rings. The summed E-state index contributed by atoms with van der Waals surface area (Å²) in [6, 6.07) is 10.3. The van der Waals surface area contributed by atoms with E-state index in [9.17, 15) is 19.5 Å². The van der Waals surface area contributed by atoms with Gasteiger partial charge in [-0.15, -0.1) is 0 Å². The van der Waals surface area contributed by atoms with Crippen molar-refractivity contribution in [3.05, 3.63) is 76.2 Å². The van der Waals surface area contributed by atoms with E-state index >= 15 is 0 Å². The third-order valence-electron chi connectivity index (χ3n) is 3.54. The summed E-state index contributed by atoms with van der Waals surface area (Å²) in [5.74, 6) is -2.00. The molecule has 2 aromatic heterocycles. The first kappa shape index (κ1) is 15.4. The van der Waals surface area contributed by atoms with E-state index in [0.717, 1.165) is 0 Å². The van der Waals surface area contributed by atoms with Crippen molar-refractivity contribution in [2.75, 3.05) is 0 Å². The second kappa shape index (κ2) is 6.33. The molecule has 1 unspecified atom stereocenters. The maximum atomic E-state index is 12.4. The predicted molar refractivity (Wildman–Crippen MR) is 86.6 cm³/mol. The summed E-state index contributed by atoms with van der Waals surface area (Å²) in [7, 11) is 0. The van der Waals surface area contributed by atoms with Crippen LogP contribution in [0.2, 0.25) is 0 Å². The number of aromatic amines is 1. The maximum Gasteiger partial charge on any atom is 0.330 e. The van der Waals surface area contributed by atoms with Crippen LogP contribution in [0.3, 0.4) is 0 Å². The van der Waals surface area contributed by atoms with Crippen LogP contribution in [0.5, 0.6) is 0 Å². The molecule has 3 rings (SSSR count). The summed E-state index contributed by atoms with van der Waals surface area (Å²) in [6.07, 6.45) is 2.70. The number of pyridine rings is 2. The molecule has 0 bridgehead atoms. The molecule has 24 heavy (non-hydrogen) atoms. The maximum absolute atomic E-state index is 12.4. The number of carbonyl (C=O) groups is 2. The van der Waals surface area contributed by atoms with Crippen molar-refractivity contribution < 1.29 is 14.7 Å². The summed E-state index contributed by atoms with van der Waals surface area (Å²) in [5, 5.41) is 11.7. The Labute approximate surface area is 136 Å². The molecule has 0 aliphatic heterocycles. The fourth-order valence-corrected chi connectivity index (χ4v) is 2.36. The fraction of sp³-hybridized carbons (Fsp3) is 0.0588. The molecule has 120 valence electrons. The van der Waals surface area contributed by atoms with E-state index in [-0.39, 0.29) is 11.1 Å². The number of benzene rings is 1. The minimum Gasteiger partial charge on any atom is -0.479 e. The lowest BCUT2D eigenvalue weighted by atomic mass is 10.1. The number of amides is 1. The van der Waals surface area contributed by atoms with E-state index in [1.165, 1.54) is 12.4 Å². The standard InChI is InChI=1S/C17H13N3O4/c21-15-11(9-19-12-7-4-8-18-14(12)15)16(22)20-13(17(23)24)10-5-2-1-3-6-10/h1-9,13H,(H,19,21)(H,20,22)(H,23,24). The van der Waals surface area contributed by atoms with Gasteiger partial charge in [-0.2, -0.15) is 0 Å². The molecule has 7 nitrogen and oxygen atoms in total. The van der Waals surface area contributed by atoms with Crippen LogP contribution in [-0.4, -0.2) is 27.0 Å². The second-order valence-corrected chi connectivity index (χ2v) is 5.09. The highest BCUT2D eigenvalue weighted by Crippen LogP contribution is 2.13. The number of carbonyl (C=O) groups excluding carboxylic acids is 1. The third-order valence-corrected chi connectivity index (χ3v) is 3.54. The largest absolute Gasteiger partial charge is 0.479 e. The number of carboxylic acid groups (broad SMARTS) is 1. The van der Waals surface area contributed by atoms with Gasteiger partial charge in [0.2, 0.25) is 5.43 Å². The molecular weight excluding hydrogens is 310 g/mol. The molecule has 0 aliphatic carbocycles. The molecule has 7 heteroatoms. The van der Waals surface area contributed by atoms with Gasteiger partial charge < -0.3 is 15.4 Å². The van der Waals surface area contributed by atoms with Crippen molar-refractivity contribution in [1.82, 2.24) is 15.3 Å². The van der Waals surface area contributed by atoms with Crippen molar-refractivity contribution >= 4 is 22.9 Å². The van der Waals surface area contributed by atoms with Gasteiger partial charge in [0.1, 0.15) is 11.1 Å². The number of aromatic nitrogens is 2. The number of rotatable bonds is 4. The molecular formula is C17H13N3O4. The summed E-state index contributed by atoms with van der Waals surface area (Å²) >= 11 is 0. The monoisotopic (exact) mass is 323 g/mol. The van der Waals surface area contributed by atoms with Gasteiger partial charge in [-0.05, 0) is 17.7 Å². The number of hydrogen-bond donors (Lipinski definition) is 3. The van der Waals surface area contributed by atoms with Crippen molar-refractivity contribution in [3.8, 4) is 0 Å². The van der Waals surface area contributed by atoms with Crippen molar-refractivity contribution in [1.29, 1.82) is 0 Å². The number of nitrogens with zero attached hydrogens (tertiary/aromatic N) is 1. The topological polar surface area (TPSA) is 112 Å². The second-order valence-electron chi connectivity index (χ2n) is 5.09. The molecule has 0 saturated carbocycles. The first-order chi connectivity index (χ1) is 11.6. The minimum atomic E-state index is -1.25. The highest BCUT2D eigenvalue weighted by molar-refractivity contribution is 5.98. The van der Waals surface area contributed by atoms with Gasteiger partial charge >= 0.3 is 5.97 Å². The van der Waals surface area contributed by atoms with Crippen LogP contribution in [0.25, 0.3) is 11.0 Å². The molecule has 0 aliphatic rings. The summed E-state index contributed by atoms with van der Waals surface area (Å²) in [4.78, 5) is 43.0. The van der Waals surface area contributed by atoms with Crippen molar-refractivity contribution in [2.24, 2.45) is 0 Å². The lowest BCUT2D eigenvalue weighted by Crippen LogP contribution is -2.36. The Hall–Kier alpha value is -3.48. The van der Waals surface area contributed by atoms with E-state index in [2.05, 4.69) is 15.3 Å². The van der Waals surface area contributed by atoms with Crippen LogP contribution < -0.4 is 10.7 Å². The van der Waals surface area contributed by atoms with Gasteiger partial charge in [-0.3, -0.25) is 14.6 Å². The number of carboxylic acids is 1. The van der Waals surface area contributed by atoms with Crippen LogP contribution in [0, 0.1) is 0 Å². The zero-order valence-corrected chi connectivity index (χ0v) is 12.4. The Morgan fingerprint density at radius 3 is 2.58 bits per heavy atom. The van der Waals surface area contributed by atoms with Gasteiger partial charge in [0, 0.05) is 12.4 Å². The van der Waals surface area contributed by atoms with E-state index in [4.69, 9.17) is 0 Å². The van der Waals surface area contributed by atoms with Crippen molar-refractivity contribution in [2.45, 2.75) is 6.04 Å². The van der Waals surface area contributed by atoms with Crippen LogP contribution in [0.1, 0.15) is 22.0 Å². The van der Waals surface area contributed by atoms with E-state index in [1.54, 1.807) is 42.5 Å². The Kier molecular flexibility index (Phi) is 4.07. The van der Waals surface area contributed by atoms with Crippen LogP contribution in [0.4, 0.5) is 0 Å². The van der Waals surface area contributed by atoms with E-state index in [1.807, 2.05) is 0 Å². The predicted octanol–water partition coefficient (Wildman–Crippen LogP) is 1.48. The molecule has 0 saturated heterocycles. The van der Waals surface area contributed by atoms with Gasteiger partial charge in [0.05, 0.1) is 5.52 Å². The molecule has 2 heterocycles. The quantitative estimate of drug-likeness (QED) is 0.673. The molecule has 1 atom stereocenters. The Morgan fingerprint density at radius 2 is 1.88 bits per heavy atom. The van der Waals surface area contributed by atoms with Crippen LogP contribution in [0.15, 0.2) is 59.7 Å². The van der Waals surface area contributed by atoms with Gasteiger partial charge in [-0.25, -0.2) is 4.79 Å². The molecule has 3 N–H and O–H groups in total. The Bertz CT molecular complexity index is 966. The van der Waals surface area contributed by atoms with Gasteiger partial charge in [-0.1, -0.05) is 30.3 Å². The number of H-pyrrole nitrogens is 1. The third kappa shape index (κ3) is 2.87. The normalized spacial score (nSPS) is 11.8. The highest BCUT2D eigenvalue weighted by Gasteiger charge is 2.24. The fourth-order valence-electron chi connectivity index (χ4n) is 2.36. The first-order valence-electron chi connectivity index (χ1n) is 7.13. The first-order valence-corrected chi connectivity index (χ1v) is 7.13. The lowest BCUT2D eigenvalue weighted by Gasteiger charge is -2.14. The van der Waals surface area contributed by atoms with Gasteiger partial charge in [0.25, 0.3) is 5.91 Å². The van der Waals surface area contributed by atoms with Crippen LogP contribution >= 0.6 is 0 Å². The lowest BCUT2D eigenvalue weighted by molar-refractivity contribution is -0.139. The Balaban J connectivity index is 1.96. The molecule has 0 spiro atoms. The zero-order valence-electron chi connectivity index (χ0n) is 12.4. The van der Waals surface area contributed by atoms with Gasteiger partial charge in [0.15, 0.2) is 6.04 Å². The van der Waals surface area contributed by atoms with Crippen molar-refractivity contribution in [3.63, 3.8) is 0 Å². The summed E-state index contributed by atoms with van der Waals surface area (Å²) in [6.45, 7) is 0. The number of hydrogen-bond acceptors (Lipinski definition) is 4. The smallest absolute Gasteiger partial charge is 0.330 e. The average molecular weight is 323 g/mol. The Morgan fingerprint density at radius 1 is 1.12 bits per heavy atom. The zero-order chi connectivity index (χ0) is 17.1. The SMILES string of the molecule is O=C(NC(C(=O)O)c1ccccc1)c1c[nH]c2cccnc2c1=O. The van der Waals surface area contributed by atoms with Crippen LogP contribution in [-0.2, 0) is 4.79 Å². The number of nitrogens with one attached hydrogen (secondary N) is 2. The highest BCUT2D eigenvalue weighted by atomic mass is 16.4. The number of aliphatic carboxylic acids is 1. The average Bonchev–Trinajstić information content (AvgIpc) is 2.60. The minimum absolute atomic E-state index is 0.122. The summed E-state index contributed by atoms with van der Waals surface area (Å²) < 4.78 is 0. The number of fused-ring (bicyclic) bond motifs is 1. The van der Waals surface area contributed by atoms with E-state index in [0.29, 0.717) is 11.1 Å². The molecule has 0 fully saturated rings. The summed E-state index contributed by atoms with van der Waals surface area (Å²) in [5.41, 5.74) is 0.282. The molecule has 0 radical (unpaired) electrons.